The topological polar surface area (TPSA) is 75.3 Å². The summed E-state index contributed by atoms with van der Waals surface area (Å²) in [7, 11) is -3.60. The number of amides is 1. The molecule has 5 nitrogen and oxygen atoms in total. The van der Waals surface area contributed by atoms with Gasteiger partial charge in [-0.1, -0.05) is 31.5 Å². The maximum atomic E-state index is 12.3. The number of rotatable bonds is 7. The number of benzene rings is 2. The number of carbonyl (C=O) groups excluding carboxylic acids is 1. The SMILES string of the molecule is CCCCNS(=O)(=O)c1cccc(C(=O)Nc2cccc(C)c2)c1. The molecule has 0 bridgehead atoms. The first-order valence-corrected chi connectivity index (χ1v) is 9.38. The van der Waals surface area contributed by atoms with Crippen molar-refractivity contribution in [3.8, 4) is 0 Å². The monoisotopic (exact) mass is 346 g/mol. The lowest BCUT2D eigenvalue weighted by Crippen LogP contribution is -2.25. The number of carbonyl (C=O) groups is 1. The van der Waals surface area contributed by atoms with Crippen LogP contribution in [0.15, 0.2) is 53.4 Å². The summed E-state index contributed by atoms with van der Waals surface area (Å²) >= 11 is 0. The fraction of sp³-hybridized carbons (Fsp3) is 0.278. The molecular weight excluding hydrogens is 324 g/mol. The van der Waals surface area contributed by atoms with Crippen molar-refractivity contribution in [1.82, 2.24) is 4.72 Å². The van der Waals surface area contributed by atoms with Gasteiger partial charge >= 0.3 is 0 Å². The highest BCUT2D eigenvalue weighted by molar-refractivity contribution is 7.89. The third-order valence-corrected chi connectivity index (χ3v) is 4.96. The highest BCUT2D eigenvalue weighted by atomic mass is 32.2. The van der Waals surface area contributed by atoms with Gasteiger partial charge in [0.05, 0.1) is 4.90 Å². The lowest BCUT2D eigenvalue weighted by molar-refractivity contribution is 0.102. The van der Waals surface area contributed by atoms with Gasteiger partial charge in [0.2, 0.25) is 10.0 Å². The van der Waals surface area contributed by atoms with Crippen LogP contribution in [0.25, 0.3) is 0 Å². The Morgan fingerprint density at radius 3 is 2.54 bits per heavy atom. The van der Waals surface area contributed by atoms with Crippen LogP contribution in [-0.2, 0) is 10.0 Å². The van der Waals surface area contributed by atoms with E-state index in [0.29, 0.717) is 17.8 Å². The minimum atomic E-state index is -3.60. The van der Waals surface area contributed by atoms with Crippen LogP contribution in [0.4, 0.5) is 5.69 Å². The zero-order valence-corrected chi connectivity index (χ0v) is 14.7. The largest absolute Gasteiger partial charge is 0.322 e. The molecule has 0 aromatic heterocycles. The molecule has 0 spiro atoms. The normalized spacial score (nSPS) is 11.2. The molecule has 24 heavy (non-hydrogen) atoms. The van der Waals surface area contributed by atoms with Crippen molar-refractivity contribution in [2.75, 3.05) is 11.9 Å². The van der Waals surface area contributed by atoms with Gasteiger partial charge in [-0.05, 0) is 49.2 Å². The molecule has 0 radical (unpaired) electrons. The number of hydrogen-bond donors (Lipinski definition) is 2. The summed E-state index contributed by atoms with van der Waals surface area (Å²) < 4.78 is 27.0. The van der Waals surface area contributed by atoms with Crippen molar-refractivity contribution in [1.29, 1.82) is 0 Å². The highest BCUT2D eigenvalue weighted by Crippen LogP contribution is 2.15. The van der Waals surface area contributed by atoms with E-state index in [2.05, 4.69) is 10.0 Å². The zero-order chi connectivity index (χ0) is 17.6. The van der Waals surface area contributed by atoms with Gasteiger partial charge in [-0.15, -0.1) is 0 Å². The lowest BCUT2D eigenvalue weighted by Gasteiger charge is -2.09. The molecule has 2 N–H and O–H groups in total. The van der Waals surface area contributed by atoms with Crippen molar-refractivity contribution in [2.45, 2.75) is 31.6 Å². The smallest absolute Gasteiger partial charge is 0.255 e. The Morgan fingerprint density at radius 2 is 1.83 bits per heavy atom. The summed E-state index contributed by atoms with van der Waals surface area (Å²) in [5.74, 6) is -0.341. The van der Waals surface area contributed by atoms with E-state index in [1.54, 1.807) is 18.2 Å². The summed E-state index contributed by atoms with van der Waals surface area (Å²) in [6.07, 6.45) is 1.67. The van der Waals surface area contributed by atoms with Gasteiger partial charge < -0.3 is 5.32 Å². The van der Waals surface area contributed by atoms with Gasteiger partial charge in [0, 0.05) is 17.8 Å². The minimum absolute atomic E-state index is 0.0931. The molecule has 0 atom stereocenters. The Labute approximate surface area is 143 Å². The second kappa shape index (κ2) is 8.08. The molecule has 2 aromatic carbocycles. The van der Waals surface area contributed by atoms with Crippen LogP contribution in [-0.4, -0.2) is 20.9 Å². The fourth-order valence-corrected chi connectivity index (χ4v) is 3.32. The van der Waals surface area contributed by atoms with E-state index in [0.717, 1.165) is 18.4 Å². The Morgan fingerprint density at radius 1 is 1.08 bits per heavy atom. The second-order valence-electron chi connectivity index (χ2n) is 5.60. The predicted molar refractivity (Wildman–Crippen MR) is 95.7 cm³/mol. The minimum Gasteiger partial charge on any atom is -0.322 e. The van der Waals surface area contributed by atoms with Crippen molar-refractivity contribution in [2.24, 2.45) is 0 Å². The Hall–Kier alpha value is -2.18. The highest BCUT2D eigenvalue weighted by Gasteiger charge is 2.15. The van der Waals surface area contributed by atoms with Gasteiger partial charge in [-0.25, -0.2) is 13.1 Å². The molecule has 0 saturated heterocycles. The van der Waals surface area contributed by atoms with Crippen LogP contribution in [0.5, 0.6) is 0 Å². The molecule has 6 heteroatoms. The molecule has 0 aliphatic rings. The standard InChI is InChI=1S/C18H22N2O3S/c1-3-4-11-19-24(22,23)17-10-6-8-15(13-17)18(21)20-16-9-5-7-14(2)12-16/h5-10,12-13,19H,3-4,11H2,1-2H3,(H,20,21). The van der Waals surface area contributed by atoms with Crippen LogP contribution >= 0.6 is 0 Å². The van der Waals surface area contributed by atoms with E-state index >= 15 is 0 Å². The third kappa shape index (κ3) is 4.91. The molecule has 128 valence electrons. The van der Waals surface area contributed by atoms with E-state index in [4.69, 9.17) is 0 Å². The first kappa shape index (κ1) is 18.2. The van der Waals surface area contributed by atoms with E-state index in [9.17, 15) is 13.2 Å². The van der Waals surface area contributed by atoms with Crippen molar-refractivity contribution in [3.63, 3.8) is 0 Å². The van der Waals surface area contributed by atoms with Crippen LogP contribution in [0.3, 0.4) is 0 Å². The maximum absolute atomic E-state index is 12.3. The molecule has 2 aromatic rings. The number of aryl methyl sites for hydroxylation is 1. The van der Waals surface area contributed by atoms with E-state index in [1.165, 1.54) is 12.1 Å². The number of nitrogens with one attached hydrogen (secondary N) is 2. The van der Waals surface area contributed by atoms with Crippen LogP contribution in [0.2, 0.25) is 0 Å². The quantitative estimate of drug-likeness (QED) is 0.755. The number of unbranched alkanes of at least 4 members (excludes halogenated alkanes) is 1. The van der Waals surface area contributed by atoms with E-state index in [1.807, 2.05) is 32.0 Å². The zero-order valence-electron chi connectivity index (χ0n) is 13.9. The van der Waals surface area contributed by atoms with Crippen molar-refractivity contribution < 1.29 is 13.2 Å². The van der Waals surface area contributed by atoms with E-state index in [-0.39, 0.29) is 10.8 Å². The molecule has 0 aliphatic heterocycles. The summed E-state index contributed by atoms with van der Waals surface area (Å²) in [6.45, 7) is 4.31. The number of sulfonamides is 1. The van der Waals surface area contributed by atoms with Gasteiger partial charge in [0.1, 0.15) is 0 Å². The molecule has 0 saturated carbocycles. The fourth-order valence-electron chi connectivity index (χ4n) is 2.20. The summed E-state index contributed by atoms with van der Waals surface area (Å²) in [4.78, 5) is 12.4. The summed E-state index contributed by atoms with van der Waals surface area (Å²) in [5, 5.41) is 2.78. The average Bonchev–Trinajstić information content (AvgIpc) is 2.55. The summed E-state index contributed by atoms with van der Waals surface area (Å²) in [6, 6.07) is 13.5. The van der Waals surface area contributed by atoms with Crippen molar-refractivity contribution in [3.05, 3.63) is 59.7 Å². The molecule has 0 unspecified atom stereocenters. The molecule has 0 aliphatic carbocycles. The van der Waals surface area contributed by atoms with Crippen LogP contribution in [0, 0.1) is 6.92 Å². The van der Waals surface area contributed by atoms with E-state index < -0.39 is 10.0 Å². The molecule has 2 rings (SSSR count). The maximum Gasteiger partial charge on any atom is 0.255 e. The first-order chi connectivity index (χ1) is 11.4. The lowest BCUT2D eigenvalue weighted by atomic mass is 10.2. The molecule has 0 heterocycles. The number of anilines is 1. The second-order valence-corrected chi connectivity index (χ2v) is 7.37. The van der Waals surface area contributed by atoms with Crippen LogP contribution < -0.4 is 10.0 Å². The first-order valence-electron chi connectivity index (χ1n) is 7.90. The van der Waals surface area contributed by atoms with Crippen molar-refractivity contribution >= 4 is 21.6 Å². The third-order valence-electron chi connectivity index (χ3n) is 3.50. The van der Waals surface area contributed by atoms with Gasteiger partial charge in [-0.3, -0.25) is 4.79 Å². The Kier molecular flexibility index (Phi) is 6.11. The summed E-state index contributed by atoms with van der Waals surface area (Å²) in [5.41, 5.74) is 2.01. The van der Waals surface area contributed by atoms with Gasteiger partial charge in [0.15, 0.2) is 0 Å². The molecule has 1 amide bonds. The Balaban J connectivity index is 2.16. The van der Waals surface area contributed by atoms with Crippen LogP contribution in [0.1, 0.15) is 35.7 Å². The van der Waals surface area contributed by atoms with Gasteiger partial charge in [-0.2, -0.15) is 0 Å². The molecular formula is C18H22N2O3S. The molecule has 0 fully saturated rings. The van der Waals surface area contributed by atoms with Gasteiger partial charge in [0.25, 0.3) is 5.91 Å². The average molecular weight is 346 g/mol. The Bertz CT molecular complexity index is 817. The number of hydrogen-bond acceptors (Lipinski definition) is 3. The predicted octanol–water partition coefficient (Wildman–Crippen LogP) is 3.33.